The number of rotatable bonds is 2. The van der Waals surface area contributed by atoms with Gasteiger partial charge in [-0.25, -0.2) is 0 Å². The molecule has 1 aliphatic heterocycles. The van der Waals surface area contributed by atoms with Gasteiger partial charge in [-0.2, -0.15) is 13.2 Å². The van der Waals surface area contributed by atoms with Crippen molar-refractivity contribution in [3.8, 4) is 0 Å². The Bertz CT molecular complexity index is 288. The molecule has 0 spiro atoms. The third kappa shape index (κ3) is 3.63. The van der Waals surface area contributed by atoms with E-state index in [0.717, 1.165) is 25.9 Å². The van der Waals surface area contributed by atoms with Crippen molar-refractivity contribution in [2.24, 2.45) is 5.92 Å². The van der Waals surface area contributed by atoms with E-state index >= 15 is 0 Å². The van der Waals surface area contributed by atoms with Crippen molar-refractivity contribution in [3.63, 3.8) is 0 Å². The van der Waals surface area contributed by atoms with Crippen molar-refractivity contribution in [1.82, 2.24) is 10.2 Å². The van der Waals surface area contributed by atoms with Crippen LogP contribution in [-0.4, -0.2) is 42.8 Å². The molecule has 0 unspecified atom stereocenters. The molecule has 1 heterocycles. The Kier molecular flexibility index (Phi) is 4.45. The first-order chi connectivity index (χ1) is 8.84. The summed E-state index contributed by atoms with van der Waals surface area (Å²) in [7, 11) is 1.99. The highest BCUT2D eigenvalue weighted by Gasteiger charge is 2.42. The monoisotopic (exact) mass is 278 g/mol. The van der Waals surface area contributed by atoms with Gasteiger partial charge in [-0.15, -0.1) is 0 Å². The van der Waals surface area contributed by atoms with Crippen LogP contribution in [0.15, 0.2) is 0 Å². The van der Waals surface area contributed by atoms with E-state index in [1.54, 1.807) is 0 Å². The van der Waals surface area contributed by atoms with Crippen molar-refractivity contribution in [3.05, 3.63) is 0 Å². The molecule has 0 atom stereocenters. The number of alkyl halides is 3. The van der Waals surface area contributed by atoms with Gasteiger partial charge in [0, 0.05) is 24.7 Å². The minimum Gasteiger partial charge on any atom is -0.314 e. The molecule has 112 valence electrons. The van der Waals surface area contributed by atoms with E-state index in [9.17, 15) is 13.2 Å². The molecular formula is C14H25F3N2. The zero-order valence-corrected chi connectivity index (χ0v) is 11.9. The predicted molar refractivity (Wildman–Crippen MR) is 70.1 cm³/mol. The van der Waals surface area contributed by atoms with E-state index in [0.29, 0.717) is 31.7 Å². The summed E-state index contributed by atoms with van der Waals surface area (Å²) in [6, 6.07) is 0.375. The standard InChI is InChI=1S/C14H25F3N2/c1-13(18-2)7-9-19(10-8-13)12-5-3-11(4-6-12)14(15,16)17/h11-12,18H,3-10H2,1-2H3. The summed E-state index contributed by atoms with van der Waals surface area (Å²) in [4.78, 5) is 2.41. The van der Waals surface area contributed by atoms with Gasteiger partial charge in [0.1, 0.15) is 0 Å². The third-order valence-electron chi connectivity index (χ3n) is 5.18. The van der Waals surface area contributed by atoms with Gasteiger partial charge in [0.25, 0.3) is 0 Å². The van der Waals surface area contributed by atoms with Crippen LogP contribution in [-0.2, 0) is 0 Å². The fourth-order valence-electron chi connectivity index (χ4n) is 3.40. The van der Waals surface area contributed by atoms with Crippen LogP contribution >= 0.6 is 0 Å². The molecular weight excluding hydrogens is 253 g/mol. The maximum atomic E-state index is 12.6. The molecule has 1 aliphatic carbocycles. The minimum atomic E-state index is -3.99. The Hall–Kier alpha value is -0.290. The maximum absolute atomic E-state index is 12.6. The van der Waals surface area contributed by atoms with Crippen molar-refractivity contribution in [2.75, 3.05) is 20.1 Å². The highest BCUT2D eigenvalue weighted by atomic mass is 19.4. The van der Waals surface area contributed by atoms with E-state index in [1.807, 2.05) is 7.05 Å². The van der Waals surface area contributed by atoms with Gasteiger partial charge in [-0.1, -0.05) is 0 Å². The minimum absolute atomic E-state index is 0.208. The van der Waals surface area contributed by atoms with Crippen LogP contribution in [0, 0.1) is 5.92 Å². The average Bonchev–Trinajstić information content (AvgIpc) is 2.39. The summed E-state index contributed by atoms with van der Waals surface area (Å²) < 4.78 is 37.9. The van der Waals surface area contributed by atoms with Crippen molar-refractivity contribution < 1.29 is 13.2 Å². The van der Waals surface area contributed by atoms with E-state index in [2.05, 4.69) is 17.1 Å². The van der Waals surface area contributed by atoms with Crippen LogP contribution in [0.3, 0.4) is 0 Å². The third-order valence-corrected chi connectivity index (χ3v) is 5.18. The first-order valence-electron chi connectivity index (χ1n) is 7.34. The molecule has 2 aliphatic rings. The number of hydrogen-bond donors (Lipinski definition) is 1. The smallest absolute Gasteiger partial charge is 0.314 e. The van der Waals surface area contributed by atoms with Crippen LogP contribution in [0.2, 0.25) is 0 Å². The lowest BCUT2D eigenvalue weighted by atomic mass is 9.82. The maximum Gasteiger partial charge on any atom is 0.391 e. The lowest BCUT2D eigenvalue weighted by Gasteiger charge is -2.44. The number of nitrogens with one attached hydrogen (secondary N) is 1. The Morgan fingerprint density at radius 2 is 1.58 bits per heavy atom. The van der Waals surface area contributed by atoms with Gasteiger partial charge in [0.05, 0.1) is 5.92 Å². The molecule has 5 heteroatoms. The Balaban J connectivity index is 1.80. The molecule has 0 radical (unpaired) electrons. The molecule has 0 amide bonds. The molecule has 0 aromatic rings. The Labute approximate surface area is 113 Å². The number of likely N-dealkylation sites (tertiary alicyclic amines) is 1. The fourth-order valence-corrected chi connectivity index (χ4v) is 3.40. The number of hydrogen-bond acceptors (Lipinski definition) is 2. The molecule has 2 rings (SSSR count). The second-order valence-corrected chi connectivity index (χ2v) is 6.39. The molecule has 2 nitrogen and oxygen atoms in total. The summed E-state index contributed by atoms with van der Waals surface area (Å²) in [5.41, 5.74) is 0.208. The molecule has 1 N–H and O–H groups in total. The van der Waals surface area contributed by atoms with Crippen molar-refractivity contribution >= 4 is 0 Å². The molecule has 1 saturated carbocycles. The predicted octanol–water partition coefficient (Wildman–Crippen LogP) is 3.18. The van der Waals surface area contributed by atoms with Gasteiger partial charge < -0.3 is 10.2 Å². The highest BCUT2D eigenvalue weighted by Crippen LogP contribution is 2.39. The largest absolute Gasteiger partial charge is 0.391 e. The SMILES string of the molecule is CNC1(C)CCN(C2CCC(C(F)(F)F)CC2)CC1. The quantitative estimate of drug-likeness (QED) is 0.834. The second kappa shape index (κ2) is 5.60. The van der Waals surface area contributed by atoms with Gasteiger partial charge in [-0.05, 0) is 52.5 Å². The van der Waals surface area contributed by atoms with Crippen molar-refractivity contribution in [2.45, 2.75) is 63.2 Å². The van der Waals surface area contributed by atoms with Gasteiger partial charge in [0.2, 0.25) is 0 Å². The van der Waals surface area contributed by atoms with Gasteiger partial charge in [-0.3, -0.25) is 0 Å². The van der Waals surface area contributed by atoms with Crippen LogP contribution in [0.1, 0.15) is 45.4 Å². The topological polar surface area (TPSA) is 15.3 Å². The van der Waals surface area contributed by atoms with Gasteiger partial charge in [0.15, 0.2) is 0 Å². The molecule has 0 bridgehead atoms. The van der Waals surface area contributed by atoms with E-state index in [4.69, 9.17) is 0 Å². The van der Waals surface area contributed by atoms with E-state index in [-0.39, 0.29) is 5.54 Å². The summed E-state index contributed by atoms with van der Waals surface area (Å²) >= 11 is 0. The van der Waals surface area contributed by atoms with E-state index in [1.165, 1.54) is 0 Å². The molecule has 0 aromatic carbocycles. The number of nitrogens with zero attached hydrogens (tertiary/aromatic N) is 1. The molecule has 1 saturated heterocycles. The first-order valence-corrected chi connectivity index (χ1v) is 7.34. The zero-order chi connectivity index (χ0) is 14.1. The Morgan fingerprint density at radius 1 is 1.05 bits per heavy atom. The average molecular weight is 278 g/mol. The van der Waals surface area contributed by atoms with Crippen LogP contribution < -0.4 is 5.32 Å². The first kappa shape index (κ1) is 15.1. The second-order valence-electron chi connectivity index (χ2n) is 6.39. The summed E-state index contributed by atoms with van der Waals surface area (Å²) in [6.45, 7) is 4.25. The molecule has 2 fully saturated rings. The molecule has 0 aromatic heterocycles. The van der Waals surface area contributed by atoms with Crippen LogP contribution in [0.4, 0.5) is 13.2 Å². The van der Waals surface area contributed by atoms with E-state index < -0.39 is 12.1 Å². The van der Waals surface area contributed by atoms with Crippen LogP contribution in [0.5, 0.6) is 0 Å². The lowest BCUT2D eigenvalue weighted by Crippen LogP contribution is -2.53. The van der Waals surface area contributed by atoms with Crippen molar-refractivity contribution in [1.29, 1.82) is 0 Å². The summed E-state index contributed by atoms with van der Waals surface area (Å²) in [5, 5.41) is 3.36. The normalized spacial score (nSPS) is 33.3. The zero-order valence-electron chi connectivity index (χ0n) is 11.9. The number of halogens is 3. The number of piperidine rings is 1. The summed E-state index contributed by atoms with van der Waals surface area (Å²) in [6.07, 6.45) is 0.228. The van der Waals surface area contributed by atoms with Crippen LogP contribution in [0.25, 0.3) is 0 Å². The fraction of sp³-hybridized carbons (Fsp3) is 1.00. The molecule has 19 heavy (non-hydrogen) atoms. The van der Waals surface area contributed by atoms with Gasteiger partial charge >= 0.3 is 6.18 Å². The highest BCUT2D eigenvalue weighted by molar-refractivity contribution is 4.91. The summed E-state index contributed by atoms with van der Waals surface area (Å²) in [5.74, 6) is -1.06. The Morgan fingerprint density at radius 3 is 2.00 bits per heavy atom. The lowest BCUT2D eigenvalue weighted by molar-refractivity contribution is -0.184.